The topological polar surface area (TPSA) is 81.2 Å². The second kappa shape index (κ2) is 8.90. The zero-order chi connectivity index (χ0) is 20.9. The third kappa shape index (κ3) is 5.22. The third-order valence-corrected chi connectivity index (χ3v) is 6.97. The molecule has 0 saturated carbocycles. The second-order valence-electron chi connectivity index (χ2n) is 7.51. The minimum absolute atomic E-state index is 0.199. The molecule has 1 aromatic carbocycles. The van der Waals surface area contributed by atoms with Crippen molar-refractivity contribution in [2.45, 2.75) is 26.3 Å². The van der Waals surface area contributed by atoms with Crippen molar-refractivity contribution in [1.82, 2.24) is 9.37 Å². The number of benzene rings is 1. The van der Waals surface area contributed by atoms with Crippen molar-refractivity contribution in [1.29, 1.82) is 0 Å². The number of anilines is 1. The average Bonchev–Trinajstić information content (AvgIpc) is 2.66. The van der Waals surface area contributed by atoms with E-state index in [-0.39, 0.29) is 31.7 Å². The van der Waals surface area contributed by atoms with Crippen LogP contribution in [0.5, 0.6) is 0 Å². The molecule has 0 bridgehead atoms. The molecule has 7 nitrogen and oxygen atoms in total. The Hall–Kier alpha value is -2.15. The van der Waals surface area contributed by atoms with Gasteiger partial charge in [0.15, 0.2) is 0 Å². The van der Waals surface area contributed by atoms with E-state index in [1.54, 1.807) is 26.0 Å². The highest BCUT2D eigenvalue weighted by molar-refractivity contribution is 7.89. The quantitative estimate of drug-likeness (QED) is 0.304. The third-order valence-electron chi connectivity index (χ3n) is 5.08. The Morgan fingerprint density at radius 2 is 1.86 bits per heavy atom. The highest BCUT2D eigenvalue weighted by atomic mass is 32.2. The zero-order valence-electron chi connectivity index (χ0n) is 16.1. The Balaban J connectivity index is 2.08. The van der Waals surface area contributed by atoms with Gasteiger partial charge in [0.25, 0.3) is 0 Å². The summed E-state index contributed by atoms with van der Waals surface area (Å²) in [6.07, 6.45) is 5.76. The highest BCUT2D eigenvalue weighted by Crippen LogP contribution is 2.30. The van der Waals surface area contributed by atoms with Crippen LogP contribution in [-0.4, -0.2) is 67.4 Å². The molecule has 1 aliphatic rings. The SMILES string of the molecule is C#CCC(C)(C)C(CS(=O)(=O)N1CCN(c2ccc(F)cc2)CC1)N(O)C=O. The van der Waals surface area contributed by atoms with Gasteiger partial charge in [-0.3, -0.25) is 10.0 Å². The van der Waals surface area contributed by atoms with Crippen LogP contribution in [0, 0.1) is 23.6 Å². The number of hydroxylamine groups is 2. The van der Waals surface area contributed by atoms with Gasteiger partial charge in [0.05, 0.1) is 11.8 Å². The lowest BCUT2D eigenvalue weighted by molar-refractivity contribution is -0.168. The number of amides is 1. The lowest BCUT2D eigenvalue weighted by Crippen LogP contribution is -2.54. The molecule has 1 fully saturated rings. The van der Waals surface area contributed by atoms with Crippen molar-refractivity contribution in [2.75, 3.05) is 36.8 Å². The first-order valence-corrected chi connectivity index (χ1v) is 10.6. The van der Waals surface area contributed by atoms with Crippen molar-refractivity contribution in [3.63, 3.8) is 0 Å². The Labute approximate surface area is 165 Å². The normalized spacial score (nSPS) is 17.0. The van der Waals surface area contributed by atoms with Crippen LogP contribution in [0.25, 0.3) is 0 Å². The molecule has 1 aliphatic heterocycles. The van der Waals surface area contributed by atoms with Gasteiger partial charge in [0.2, 0.25) is 16.4 Å². The van der Waals surface area contributed by atoms with Gasteiger partial charge < -0.3 is 4.90 Å². The van der Waals surface area contributed by atoms with Crippen LogP contribution in [0.2, 0.25) is 0 Å². The Morgan fingerprint density at radius 1 is 1.29 bits per heavy atom. The van der Waals surface area contributed by atoms with Gasteiger partial charge in [0.1, 0.15) is 5.82 Å². The number of terminal acetylenes is 1. The van der Waals surface area contributed by atoms with E-state index in [9.17, 15) is 22.8 Å². The standard InChI is InChI=1S/C19H26FN3O4S/c1-4-9-19(2,3)18(23(25)15-24)14-28(26,27)22-12-10-21(11-13-22)17-7-5-16(20)6-8-17/h1,5-8,15,18,25H,9-14H2,2-3H3. The summed E-state index contributed by atoms with van der Waals surface area (Å²) in [4.78, 5) is 13.0. The number of carbonyl (C=O) groups excluding carboxylic acids is 1. The van der Waals surface area contributed by atoms with E-state index in [4.69, 9.17) is 6.42 Å². The lowest BCUT2D eigenvalue weighted by atomic mass is 9.82. The summed E-state index contributed by atoms with van der Waals surface area (Å²) in [6, 6.07) is 5.08. The summed E-state index contributed by atoms with van der Waals surface area (Å²) in [5.41, 5.74) is 0.0434. The Bertz CT molecular complexity index is 813. The molecule has 1 N–H and O–H groups in total. The molecule has 1 amide bonds. The van der Waals surface area contributed by atoms with Crippen LogP contribution in [0.1, 0.15) is 20.3 Å². The van der Waals surface area contributed by atoms with Crippen molar-refractivity contribution in [3.8, 4) is 12.3 Å². The fourth-order valence-electron chi connectivity index (χ4n) is 3.30. The summed E-state index contributed by atoms with van der Waals surface area (Å²) in [5, 5.41) is 10.3. The van der Waals surface area contributed by atoms with Crippen molar-refractivity contribution >= 4 is 22.1 Å². The fourth-order valence-corrected chi connectivity index (χ4v) is 5.23. The number of halogens is 1. The number of hydrogen-bond acceptors (Lipinski definition) is 5. The molecule has 0 radical (unpaired) electrons. The van der Waals surface area contributed by atoms with E-state index in [1.165, 1.54) is 16.4 Å². The summed E-state index contributed by atoms with van der Waals surface area (Å²) < 4.78 is 40.2. The van der Waals surface area contributed by atoms with Gasteiger partial charge in [-0.15, -0.1) is 12.3 Å². The molecule has 9 heteroatoms. The first kappa shape index (κ1) is 22.1. The minimum Gasteiger partial charge on any atom is -0.369 e. The van der Waals surface area contributed by atoms with Gasteiger partial charge >= 0.3 is 0 Å². The molecular weight excluding hydrogens is 385 g/mol. The summed E-state index contributed by atoms with van der Waals surface area (Å²) >= 11 is 0. The molecule has 1 saturated heterocycles. The smallest absolute Gasteiger partial charge is 0.233 e. The van der Waals surface area contributed by atoms with Crippen LogP contribution < -0.4 is 4.90 Å². The average molecular weight is 411 g/mol. The van der Waals surface area contributed by atoms with E-state index in [1.807, 2.05) is 4.90 Å². The molecule has 154 valence electrons. The molecule has 1 heterocycles. The largest absolute Gasteiger partial charge is 0.369 e. The van der Waals surface area contributed by atoms with Crippen LogP contribution >= 0.6 is 0 Å². The molecule has 1 aromatic rings. The molecule has 1 unspecified atom stereocenters. The minimum atomic E-state index is -3.73. The molecule has 0 aromatic heterocycles. The molecule has 0 aliphatic carbocycles. The van der Waals surface area contributed by atoms with E-state index >= 15 is 0 Å². The van der Waals surface area contributed by atoms with Gasteiger partial charge in [-0.2, -0.15) is 4.31 Å². The first-order chi connectivity index (χ1) is 13.1. The van der Waals surface area contributed by atoms with Crippen LogP contribution in [0.4, 0.5) is 10.1 Å². The van der Waals surface area contributed by atoms with Gasteiger partial charge in [0, 0.05) is 38.3 Å². The van der Waals surface area contributed by atoms with Gasteiger partial charge in [-0.05, 0) is 29.7 Å². The number of hydrogen-bond donors (Lipinski definition) is 1. The fraction of sp³-hybridized carbons (Fsp3) is 0.526. The number of rotatable bonds is 8. The van der Waals surface area contributed by atoms with Crippen LogP contribution in [-0.2, 0) is 14.8 Å². The number of sulfonamides is 1. The maximum absolute atomic E-state index is 13.1. The highest BCUT2D eigenvalue weighted by Gasteiger charge is 2.39. The molecule has 0 spiro atoms. The van der Waals surface area contributed by atoms with Crippen molar-refractivity contribution < 1.29 is 22.8 Å². The number of piperazine rings is 1. The maximum atomic E-state index is 13.1. The van der Waals surface area contributed by atoms with Crippen molar-refractivity contribution in [3.05, 3.63) is 30.1 Å². The Kier molecular flexibility index (Phi) is 7.04. The summed E-state index contributed by atoms with van der Waals surface area (Å²) in [5.74, 6) is 1.72. The summed E-state index contributed by atoms with van der Waals surface area (Å²) in [7, 11) is -3.73. The van der Waals surface area contributed by atoms with E-state index in [0.717, 1.165) is 5.69 Å². The number of carbonyl (C=O) groups is 1. The van der Waals surface area contributed by atoms with E-state index < -0.39 is 27.2 Å². The van der Waals surface area contributed by atoms with Crippen LogP contribution in [0.3, 0.4) is 0 Å². The first-order valence-electron chi connectivity index (χ1n) is 8.95. The van der Waals surface area contributed by atoms with E-state index in [0.29, 0.717) is 18.2 Å². The van der Waals surface area contributed by atoms with Crippen LogP contribution in [0.15, 0.2) is 24.3 Å². The number of nitrogens with zero attached hydrogens (tertiary/aromatic N) is 3. The predicted octanol–water partition coefficient (Wildman–Crippen LogP) is 1.54. The zero-order valence-corrected chi connectivity index (χ0v) is 16.9. The second-order valence-corrected chi connectivity index (χ2v) is 9.53. The van der Waals surface area contributed by atoms with Crippen molar-refractivity contribution in [2.24, 2.45) is 5.41 Å². The lowest BCUT2D eigenvalue weighted by Gasteiger charge is -2.39. The monoisotopic (exact) mass is 411 g/mol. The molecule has 1 atom stereocenters. The molecule has 28 heavy (non-hydrogen) atoms. The van der Waals surface area contributed by atoms with Gasteiger partial charge in [-0.25, -0.2) is 17.9 Å². The molecular formula is C19H26FN3O4S. The predicted molar refractivity (Wildman–Crippen MR) is 105 cm³/mol. The summed E-state index contributed by atoms with van der Waals surface area (Å²) in [6.45, 7) is 4.86. The van der Waals surface area contributed by atoms with E-state index in [2.05, 4.69) is 5.92 Å². The maximum Gasteiger partial charge on any atom is 0.233 e. The van der Waals surface area contributed by atoms with Gasteiger partial charge in [-0.1, -0.05) is 13.8 Å². The molecule has 2 rings (SSSR count). The Morgan fingerprint density at radius 3 is 2.36 bits per heavy atom.